The number of hydrogen-bond donors (Lipinski definition) is 1. The van der Waals surface area contributed by atoms with Crippen LogP contribution in [0.3, 0.4) is 0 Å². The smallest absolute Gasteiger partial charge is 0.331 e. The molecule has 7 heteroatoms. The van der Waals surface area contributed by atoms with Crippen molar-refractivity contribution in [3.05, 3.63) is 46.8 Å². The molecule has 1 saturated carbocycles. The van der Waals surface area contributed by atoms with Crippen LogP contribution in [0.4, 0.5) is 0 Å². The van der Waals surface area contributed by atoms with Crippen LogP contribution in [0.2, 0.25) is 0 Å². The molecular weight excluding hydrogens is 372 g/mol. The molecule has 0 radical (unpaired) electrons. The molecule has 7 nitrogen and oxygen atoms in total. The number of hydrogen-bond acceptors (Lipinski definition) is 6. The van der Waals surface area contributed by atoms with Crippen LogP contribution in [0, 0.1) is 13.8 Å². The first-order chi connectivity index (χ1) is 13.9. The van der Waals surface area contributed by atoms with Gasteiger partial charge in [-0.1, -0.05) is 36.6 Å². The van der Waals surface area contributed by atoms with Gasteiger partial charge in [-0.3, -0.25) is 4.79 Å². The summed E-state index contributed by atoms with van der Waals surface area (Å²) in [6.45, 7) is 4.11. The summed E-state index contributed by atoms with van der Waals surface area (Å²) in [5.74, 6) is 0.917. The zero-order chi connectivity index (χ0) is 20.9. The van der Waals surface area contributed by atoms with E-state index >= 15 is 0 Å². The molecule has 1 fully saturated rings. The van der Waals surface area contributed by atoms with Crippen LogP contribution in [0.15, 0.2) is 28.8 Å². The topological polar surface area (TPSA) is 90.7 Å². The Balaban J connectivity index is 1.57. The Morgan fingerprint density at radius 1 is 1.14 bits per heavy atom. The van der Waals surface area contributed by atoms with Crippen LogP contribution in [-0.2, 0) is 27.4 Å². The maximum atomic E-state index is 12.6. The molecule has 0 saturated heterocycles. The van der Waals surface area contributed by atoms with Crippen LogP contribution >= 0.6 is 0 Å². The van der Waals surface area contributed by atoms with Gasteiger partial charge in [-0.15, -0.1) is 0 Å². The first-order valence-corrected chi connectivity index (χ1v) is 9.96. The molecule has 0 atom stereocenters. The van der Waals surface area contributed by atoms with E-state index in [4.69, 9.17) is 14.0 Å². The largest absolute Gasteiger partial charge is 0.489 e. The molecule has 0 bridgehead atoms. The van der Waals surface area contributed by atoms with Gasteiger partial charge in [0.05, 0.1) is 24.8 Å². The molecule has 1 aromatic carbocycles. The van der Waals surface area contributed by atoms with Crippen molar-refractivity contribution in [2.45, 2.75) is 64.5 Å². The van der Waals surface area contributed by atoms with E-state index in [9.17, 15) is 9.59 Å². The van der Waals surface area contributed by atoms with E-state index in [1.54, 1.807) is 0 Å². The van der Waals surface area contributed by atoms with Crippen LogP contribution in [0.5, 0.6) is 5.75 Å². The van der Waals surface area contributed by atoms with Gasteiger partial charge < -0.3 is 19.3 Å². The Morgan fingerprint density at radius 2 is 1.83 bits per heavy atom. The van der Waals surface area contributed by atoms with Crippen LogP contribution in [0.25, 0.3) is 0 Å². The quantitative estimate of drug-likeness (QED) is 0.717. The second-order valence-corrected chi connectivity index (χ2v) is 7.59. The number of rotatable bonds is 7. The molecule has 0 aliphatic heterocycles. The maximum Gasteiger partial charge on any atom is 0.331 e. The average molecular weight is 400 g/mol. The zero-order valence-electron chi connectivity index (χ0n) is 17.2. The zero-order valence-corrected chi connectivity index (χ0v) is 17.2. The lowest BCUT2D eigenvalue weighted by Crippen LogP contribution is -2.56. The second kappa shape index (κ2) is 9.11. The van der Waals surface area contributed by atoms with Gasteiger partial charge in [-0.25, -0.2) is 4.79 Å². The van der Waals surface area contributed by atoms with Gasteiger partial charge in [0.1, 0.15) is 23.7 Å². The van der Waals surface area contributed by atoms with E-state index in [-0.39, 0.29) is 18.3 Å². The minimum atomic E-state index is -0.887. The van der Waals surface area contributed by atoms with Gasteiger partial charge in [-0.05, 0) is 44.4 Å². The number of nitrogens with zero attached hydrogens (tertiary/aromatic N) is 1. The van der Waals surface area contributed by atoms with Crippen LogP contribution in [0.1, 0.15) is 54.7 Å². The number of aromatic nitrogens is 1. The third kappa shape index (κ3) is 4.96. The fourth-order valence-corrected chi connectivity index (χ4v) is 3.79. The average Bonchev–Trinajstić information content (AvgIpc) is 3.05. The van der Waals surface area contributed by atoms with E-state index in [1.807, 2.05) is 38.1 Å². The van der Waals surface area contributed by atoms with E-state index < -0.39 is 5.54 Å². The Kier molecular flexibility index (Phi) is 6.56. The third-order valence-electron chi connectivity index (χ3n) is 5.51. The highest BCUT2D eigenvalue weighted by Crippen LogP contribution is 2.29. The third-order valence-corrected chi connectivity index (χ3v) is 5.51. The van der Waals surface area contributed by atoms with Gasteiger partial charge in [0, 0.05) is 0 Å². The molecule has 1 aliphatic carbocycles. The van der Waals surface area contributed by atoms with Crippen molar-refractivity contribution in [2.75, 3.05) is 7.11 Å². The minimum absolute atomic E-state index is 0.179. The molecule has 0 unspecified atom stereocenters. The number of nitrogens with one attached hydrogen (secondary N) is 1. The monoisotopic (exact) mass is 400 g/mol. The molecule has 1 N–H and O–H groups in total. The molecular formula is C22H28N2O5. The fraction of sp³-hybridized carbons (Fsp3) is 0.500. The molecule has 3 rings (SSSR count). The summed E-state index contributed by atoms with van der Waals surface area (Å²) >= 11 is 0. The lowest BCUT2D eigenvalue weighted by Gasteiger charge is -2.35. The highest BCUT2D eigenvalue weighted by atomic mass is 16.5. The molecule has 1 heterocycles. The van der Waals surface area contributed by atoms with Crippen LogP contribution < -0.4 is 10.1 Å². The number of esters is 1. The standard InChI is InChI=1S/C22H28N2O5/c1-15-19(16(2)29-24-15)14-28-18-9-7-17(8-10-18)13-20(25)23-22(21(26)27-3)11-5-4-6-12-22/h7-10H,4-6,11-14H2,1-3H3,(H,23,25). The van der Waals surface area contributed by atoms with Crippen molar-refractivity contribution in [2.24, 2.45) is 0 Å². The number of aryl methyl sites for hydroxylation is 2. The summed E-state index contributed by atoms with van der Waals surface area (Å²) in [7, 11) is 1.37. The lowest BCUT2D eigenvalue weighted by atomic mass is 9.81. The van der Waals surface area contributed by atoms with Gasteiger partial charge in [0.2, 0.25) is 5.91 Å². The fourth-order valence-electron chi connectivity index (χ4n) is 3.79. The molecule has 1 aliphatic rings. The Hall–Kier alpha value is -2.83. The summed E-state index contributed by atoms with van der Waals surface area (Å²) in [6, 6.07) is 7.37. The summed E-state index contributed by atoms with van der Waals surface area (Å²) in [5.41, 5.74) is 1.72. The van der Waals surface area contributed by atoms with Gasteiger partial charge >= 0.3 is 5.97 Å². The number of carbonyl (C=O) groups is 2. The Morgan fingerprint density at radius 3 is 2.41 bits per heavy atom. The maximum absolute atomic E-state index is 12.6. The summed E-state index contributed by atoms with van der Waals surface area (Å²) in [5, 5.41) is 6.86. The highest BCUT2D eigenvalue weighted by Gasteiger charge is 2.41. The van der Waals surface area contributed by atoms with Gasteiger partial charge in [0.25, 0.3) is 0 Å². The predicted octanol–water partition coefficient (Wildman–Crippen LogP) is 3.41. The van der Waals surface area contributed by atoms with Crippen molar-refractivity contribution in [1.82, 2.24) is 10.5 Å². The van der Waals surface area contributed by atoms with Crippen molar-refractivity contribution in [3.8, 4) is 5.75 Å². The normalized spacial score (nSPS) is 15.6. The predicted molar refractivity (Wildman–Crippen MR) is 106 cm³/mol. The van der Waals surface area contributed by atoms with Gasteiger partial charge in [0.15, 0.2) is 0 Å². The molecule has 2 aromatic rings. The summed E-state index contributed by atoms with van der Waals surface area (Å²) in [4.78, 5) is 24.9. The van der Waals surface area contributed by atoms with Crippen molar-refractivity contribution >= 4 is 11.9 Å². The highest BCUT2D eigenvalue weighted by molar-refractivity contribution is 5.89. The lowest BCUT2D eigenvalue weighted by molar-refractivity contribution is -0.152. The molecule has 1 aromatic heterocycles. The van der Waals surface area contributed by atoms with Crippen LogP contribution in [-0.4, -0.2) is 29.7 Å². The first-order valence-electron chi connectivity index (χ1n) is 9.96. The summed E-state index contributed by atoms with van der Waals surface area (Å²) in [6.07, 6.45) is 4.34. The molecule has 1 amide bonds. The molecule has 156 valence electrons. The minimum Gasteiger partial charge on any atom is -0.489 e. The first kappa shape index (κ1) is 20.9. The SMILES string of the molecule is COC(=O)C1(NC(=O)Cc2ccc(OCc3c(C)noc3C)cc2)CCCCC1. The van der Waals surface area contributed by atoms with Crippen molar-refractivity contribution in [1.29, 1.82) is 0 Å². The number of methoxy groups -OCH3 is 1. The number of benzene rings is 1. The number of amides is 1. The Bertz CT molecular complexity index is 831. The van der Waals surface area contributed by atoms with E-state index in [0.29, 0.717) is 25.2 Å². The van der Waals surface area contributed by atoms with Crippen molar-refractivity contribution in [3.63, 3.8) is 0 Å². The van der Waals surface area contributed by atoms with E-state index in [1.165, 1.54) is 7.11 Å². The number of ether oxygens (including phenoxy) is 2. The second-order valence-electron chi connectivity index (χ2n) is 7.59. The number of carbonyl (C=O) groups excluding carboxylic acids is 2. The van der Waals surface area contributed by atoms with E-state index in [0.717, 1.165) is 41.8 Å². The summed E-state index contributed by atoms with van der Waals surface area (Å²) < 4.78 is 15.9. The van der Waals surface area contributed by atoms with E-state index in [2.05, 4.69) is 10.5 Å². The van der Waals surface area contributed by atoms with Gasteiger partial charge in [-0.2, -0.15) is 0 Å². The Labute approximate surface area is 170 Å². The molecule has 0 spiro atoms. The van der Waals surface area contributed by atoms with Crippen molar-refractivity contribution < 1.29 is 23.6 Å². The molecule has 29 heavy (non-hydrogen) atoms.